The zero-order valence-electron chi connectivity index (χ0n) is 16.2. The van der Waals surface area contributed by atoms with E-state index in [2.05, 4.69) is 5.32 Å². The second-order valence-electron chi connectivity index (χ2n) is 8.07. The molecule has 1 N–H and O–H groups in total. The predicted molar refractivity (Wildman–Crippen MR) is 101 cm³/mol. The molecule has 2 unspecified atom stereocenters. The van der Waals surface area contributed by atoms with Crippen LogP contribution < -0.4 is 5.32 Å². The van der Waals surface area contributed by atoms with Gasteiger partial charge in [-0.1, -0.05) is 0 Å². The van der Waals surface area contributed by atoms with Crippen molar-refractivity contribution in [3.05, 3.63) is 23.2 Å². The molecule has 2 aliphatic carbocycles. The van der Waals surface area contributed by atoms with Crippen LogP contribution in [0.25, 0.3) is 0 Å². The van der Waals surface area contributed by atoms with Crippen LogP contribution in [0.1, 0.15) is 67.1 Å². The van der Waals surface area contributed by atoms with Crippen molar-refractivity contribution < 1.29 is 18.7 Å². The molecule has 4 rings (SSSR count). The van der Waals surface area contributed by atoms with E-state index in [1.807, 2.05) is 6.92 Å². The first-order chi connectivity index (χ1) is 13.2. The summed E-state index contributed by atoms with van der Waals surface area (Å²) < 4.78 is 11.5. The number of nitrogens with zero attached hydrogens (tertiary/aromatic N) is 1. The highest BCUT2D eigenvalue weighted by molar-refractivity contribution is 5.93. The quantitative estimate of drug-likeness (QED) is 0.759. The van der Waals surface area contributed by atoms with Crippen molar-refractivity contribution in [2.24, 2.45) is 5.92 Å². The van der Waals surface area contributed by atoms with Crippen molar-refractivity contribution in [3.8, 4) is 0 Å². The minimum absolute atomic E-state index is 0.0671. The number of ether oxygens (including phenoxy) is 1. The van der Waals surface area contributed by atoms with Crippen molar-refractivity contribution in [1.82, 2.24) is 10.2 Å². The maximum Gasteiger partial charge on any atom is 0.287 e. The number of amides is 2. The van der Waals surface area contributed by atoms with Crippen molar-refractivity contribution in [2.45, 2.75) is 70.5 Å². The van der Waals surface area contributed by atoms with Gasteiger partial charge in [0.1, 0.15) is 0 Å². The molecule has 27 heavy (non-hydrogen) atoms. The fourth-order valence-corrected chi connectivity index (χ4v) is 4.41. The normalized spacial score (nSPS) is 24.0. The Morgan fingerprint density at radius 3 is 2.85 bits per heavy atom. The molecule has 2 atom stereocenters. The molecule has 6 heteroatoms. The Balaban J connectivity index is 1.21. The molecule has 1 saturated heterocycles. The van der Waals surface area contributed by atoms with E-state index in [1.165, 1.54) is 12.8 Å². The first-order valence-electron chi connectivity index (χ1n) is 10.5. The van der Waals surface area contributed by atoms with Crippen LogP contribution in [0.2, 0.25) is 0 Å². The summed E-state index contributed by atoms with van der Waals surface area (Å²) in [6.45, 7) is 3.57. The molecule has 2 fully saturated rings. The van der Waals surface area contributed by atoms with E-state index in [9.17, 15) is 9.59 Å². The number of nitrogens with one attached hydrogen (secondary N) is 1. The Kier molecular flexibility index (Phi) is 5.53. The summed E-state index contributed by atoms with van der Waals surface area (Å²) in [5.74, 6) is 1.13. The van der Waals surface area contributed by atoms with Crippen molar-refractivity contribution in [1.29, 1.82) is 0 Å². The van der Waals surface area contributed by atoms with Gasteiger partial charge in [-0.2, -0.15) is 0 Å². The molecule has 0 radical (unpaired) electrons. The third-order valence-corrected chi connectivity index (χ3v) is 6.15. The molecule has 1 aromatic rings. The number of carbonyl (C=O) groups is 2. The van der Waals surface area contributed by atoms with Gasteiger partial charge in [0, 0.05) is 25.2 Å². The van der Waals surface area contributed by atoms with Crippen LogP contribution in [0.15, 0.2) is 10.7 Å². The van der Waals surface area contributed by atoms with Gasteiger partial charge in [-0.25, -0.2) is 0 Å². The van der Waals surface area contributed by atoms with Gasteiger partial charge in [-0.3, -0.25) is 9.59 Å². The largest absolute Gasteiger partial charge is 0.459 e. The lowest BCUT2D eigenvalue weighted by Gasteiger charge is -2.23. The topological polar surface area (TPSA) is 71.8 Å². The van der Waals surface area contributed by atoms with Crippen LogP contribution in [-0.4, -0.2) is 48.6 Å². The second-order valence-corrected chi connectivity index (χ2v) is 8.07. The van der Waals surface area contributed by atoms with Crippen LogP contribution in [0.3, 0.4) is 0 Å². The van der Waals surface area contributed by atoms with Gasteiger partial charge in [-0.15, -0.1) is 0 Å². The summed E-state index contributed by atoms with van der Waals surface area (Å²) in [4.78, 5) is 26.8. The summed E-state index contributed by atoms with van der Waals surface area (Å²) in [7, 11) is 0. The maximum absolute atomic E-state index is 12.6. The number of carbonyl (C=O) groups excluding carboxylic acids is 2. The number of likely N-dealkylation sites (N-methyl/N-ethyl adjacent to an activating group) is 1. The second kappa shape index (κ2) is 8.05. The zero-order chi connectivity index (χ0) is 18.8. The molecule has 1 aliphatic heterocycles. The van der Waals surface area contributed by atoms with E-state index < -0.39 is 0 Å². The van der Waals surface area contributed by atoms with E-state index >= 15 is 0 Å². The van der Waals surface area contributed by atoms with E-state index in [0.717, 1.165) is 49.1 Å². The fraction of sp³-hybridized carbons (Fsp3) is 0.714. The van der Waals surface area contributed by atoms with Gasteiger partial charge in [0.2, 0.25) is 5.91 Å². The average molecular weight is 374 g/mol. The van der Waals surface area contributed by atoms with Crippen molar-refractivity contribution in [3.63, 3.8) is 0 Å². The molecule has 0 aromatic carbocycles. The summed E-state index contributed by atoms with van der Waals surface area (Å²) in [5.41, 5.74) is 2.21. The molecule has 2 amide bonds. The van der Waals surface area contributed by atoms with Crippen molar-refractivity contribution in [2.75, 3.05) is 19.6 Å². The molecule has 0 spiro atoms. The van der Waals surface area contributed by atoms with Gasteiger partial charge in [0.05, 0.1) is 24.9 Å². The average Bonchev–Trinajstić information content (AvgIpc) is 3.05. The van der Waals surface area contributed by atoms with Crippen LogP contribution in [0, 0.1) is 5.92 Å². The Morgan fingerprint density at radius 2 is 2.07 bits per heavy atom. The lowest BCUT2D eigenvalue weighted by molar-refractivity contribution is -0.133. The Bertz CT molecular complexity index is 694. The van der Waals surface area contributed by atoms with E-state index in [-0.39, 0.29) is 17.9 Å². The molecule has 1 saturated carbocycles. The van der Waals surface area contributed by atoms with Crippen LogP contribution >= 0.6 is 0 Å². The number of fused-ring (bicyclic) bond motifs is 1. The van der Waals surface area contributed by atoms with Crippen LogP contribution in [0.4, 0.5) is 0 Å². The smallest absolute Gasteiger partial charge is 0.287 e. The minimum atomic E-state index is -0.173. The molecular formula is C21H30N2O4. The monoisotopic (exact) mass is 374 g/mol. The molecule has 1 aromatic heterocycles. The minimum Gasteiger partial charge on any atom is -0.459 e. The predicted octanol–water partition coefficient (Wildman–Crippen LogP) is 2.69. The number of hydrogen-bond acceptors (Lipinski definition) is 4. The van der Waals surface area contributed by atoms with Gasteiger partial charge >= 0.3 is 0 Å². The van der Waals surface area contributed by atoms with E-state index in [4.69, 9.17) is 9.15 Å². The molecular weight excluding hydrogens is 344 g/mol. The molecule has 3 aliphatic rings. The third-order valence-electron chi connectivity index (χ3n) is 6.15. The Morgan fingerprint density at radius 1 is 1.22 bits per heavy atom. The lowest BCUT2D eigenvalue weighted by atomic mass is 10.1. The first kappa shape index (κ1) is 18.5. The molecule has 0 bridgehead atoms. The first-order valence-corrected chi connectivity index (χ1v) is 10.5. The van der Waals surface area contributed by atoms with Gasteiger partial charge < -0.3 is 19.4 Å². The van der Waals surface area contributed by atoms with E-state index in [0.29, 0.717) is 37.9 Å². The SMILES string of the molecule is CCN(CCNC(=O)c1occ2c1CCC2)C(=O)CC1CCC(C2CC2)O1. The third kappa shape index (κ3) is 4.21. The van der Waals surface area contributed by atoms with Crippen LogP contribution in [0.5, 0.6) is 0 Å². The van der Waals surface area contributed by atoms with Gasteiger partial charge in [0.15, 0.2) is 5.76 Å². The number of hydrogen-bond donors (Lipinski definition) is 1. The highest BCUT2D eigenvalue weighted by atomic mass is 16.5. The number of aryl methyl sites for hydroxylation is 1. The fourth-order valence-electron chi connectivity index (χ4n) is 4.41. The summed E-state index contributed by atoms with van der Waals surface area (Å²) >= 11 is 0. The Hall–Kier alpha value is -1.82. The standard InChI is InChI=1S/C21H30N2O4/c1-2-23(19(24)12-16-8-9-18(27-16)14-6-7-14)11-10-22-21(25)20-17-5-3-4-15(17)13-26-20/h13-14,16,18H,2-12H2,1H3,(H,22,25). The summed E-state index contributed by atoms with van der Waals surface area (Å²) in [6, 6.07) is 0. The summed E-state index contributed by atoms with van der Waals surface area (Å²) in [6.07, 6.45) is 10.3. The summed E-state index contributed by atoms with van der Waals surface area (Å²) in [5, 5.41) is 2.90. The zero-order valence-corrected chi connectivity index (χ0v) is 16.2. The van der Waals surface area contributed by atoms with Gasteiger partial charge in [0.25, 0.3) is 5.91 Å². The lowest BCUT2D eigenvalue weighted by Crippen LogP contribution is -2.39. The Labute approximate surface area is 160 Å². The number of furan rings is 1. The van der Waals surface area contributed by atoms with E-state index in [1.54, 1.807) is 11.2 Å². The maximum atomic E-state index is 12.6. The van der Waals surface area contributed by atoms with Crippen LogP contribution in [-0.2, 0) is 22.4 Å². The van der Waals surface area contributed by atoms with Gasteiger partial charge in [-0.05, 0) is 63.4 Å². The number of rotatable bonds is 8. The molecule has 2 heterocycles. The molecule has 148 valence electrons. The molecule has 6 nitrogen and oxygen atoms in total. The van der Waals surface area contributed by atoms with Crippen molar-refractivity contribution >= 4 is 11.8 Å². The highest BCUT2D eigenvalue weighted by Gasteiger charge is 2.38. The highest BCUT2D eigenvalue weighted by Crippen LogP contribution is 2.40.